The Balaban J connectivity index is -0.000000100. The van der Waals surface area contributed by atoms with Gasteiger partial charge in [-0.25, -0.2) is 0 Å². The molecule has 0 spiro atoms. The van der Waals surface area contributed by atoms with Gasteiger partial charge in [-0.15, -0.1) is 17.6 Å². The third kappa shape index (κ3) is 23.8. The summed E-state index contributed by atoms with van der Waals surface area (Å²) in [5.74, 6) is 0. The first-order chi connectivity index (χ1) is 21.5. The van der Waals surface area contributed by atoms with E-state index in [4.69, 9.17) is 47.3 Å². The average molecular weight is 1180 g/mol. The first kappa shape index (κ1) is 70.6. The number of alkyl halides is 4. The van der Waals surface area contributed by atoms with Crippen molar-refractivity contribution >= 4 is 31.7 Å². The second kappa shape index (κ2) is 25.2. The molecule has 316 valence electrons. The molecule has 0 radical (unpaired) electrons. The van der Waals surface area contributed by atoms with Crippen molar-refractivity contribution in [1.29, 1.82) is 21.0 Å². The van der Waals surface area contributed by atoms with Crippen molar-refractivity contribution in [3.63, 3.8) is 0 Å². The van der Waals surface area contributed by atoms with Crippen molar-refractivity contribution in [3.05, 3.63) is 26.3 Å². The maximum Gasteiger partial charge on any atom is 0.451 e. The molecule has 0 N–H and O–H groups in total. The number of hydrogen-bond acceptors (Lipinski definition) is 4. The van der Waals surface area contributed by atoms with Gasteiger partial charge in [-0.2, -0.15) is 0 Å². The molecule has 0 aromatic rings. The standard InChI is InChI=1S/2C17H36F2P2.4CN.2Pt/c2*1-13(2,3)20(14(4,5)6)17(18,19)21(15(7,8)9)16(10,11)12;4*1-2;;/h2*1-12H3;;;;;;/q;;4*-1;;/p+4. The fourth-order valence-electron chi connectivity index (χ4n) is 8.52. The molecular weight excluding hydrogens is 1100 g/mol. The molecule has 14 heteroatoms. The summed E-state index contributed by atoms with van der Waals surface area (Å²) in [5, 5.41) is 17.4. The van der Waals surface area contributed by atoms with Gasteiger partial charge in [0.15, 0.2) is 0 Å². The van der Waals surface area contributed by atoms with Crippen LogP contribution in [0.25, 0.3) is 0 Å². The fourth-order valence-corrected chi connectivity index (χ4v) is 36.1. The largest absolute Gasteiger partial charge is 0.512 e. The van der Waals surface area contributed by atoms with E-state index in [0.717, 1.165) is 0 Å². The zero-order valence-corrected chi connectivity index (χ0v) is 45.5. The van der Waals surface area contributed by atoms with Crippen LogP contribution in [0.4, 0.5) is 17.6 Å². The Kier molecular flexibility index (Phi) is 34.2. The van der Waals surface area contributed by atoms with Crippen molar-refractivity contribution in [2.45, 2.75) is 218 Å². The van der Waals surface area contributed by atoms with Crippen molar-refractivity contribution in [1.82, 2.24) is 0 Å². The van der Waals surface area contributed by atoms with Gasteiger partial charge in [0.1, 0.15) is 31.7 Å². The Morgan fingerprint density at radius 1 is 0.250 bits per heavy atom. The molecule has 0 fully saturated rings. The van der Waals surface area contributed by atoms with Crippen LogP contribution in [0.3, 0.4) is 0 Å². The summed E-state index contributed by atoms with van der Waals surface area (Å²) in [6.07, 6.45) is 0. The first-order valence-corrected chi connectivity index (χ1v) is 22.7. The molecular formula is C38H76F4N4P4Pt2. The first-order valence-electron chi connectivity index (χ1n) is 16.7. The van der Waals surface area contributed by atoms with Gasteiger partial charge in [0.2, 0.25) is 0 Å². The second-order valence-electron chi connectivity index (χ2n) is 20.6. The zero-order chi connectivity index (χ0) is 43.3. The molecule has 0 unspecified atom stereocenters. The van der Waals surface area contributed by atoms with Gasteiger partial charge in [0.25, 0.3) is 0 Å². The predicted molar refractivity (Wildman–Crippen MR) is 221 cm³/mol. The van der Waals surface area contributed by atoms with E-state index < -0.39 is 42.5 Å². The van der Waals surface area contributed by atoms with Crippen LogP contribution in [0.15, 0.2) is 0 Å². The average Bonchev–Trinajstić information content (AvgIpc) is 2.75. The molecule has 52 heavy (non-hydrogen) atoms. The van der Waals surface area contributed by atoms with Crippen LogP contribution < -0.4 is 0 Å². The van der Waals surface area contributed by atoms with Gasteiger partial charge in [-0.05, 0) is 166 Å². The summed E-state index contributed by atoms with van der Waals surface area (Å²) in [5.41, 5.74) is 0. The molecule has 0 aliphatic heterocycles. The van der Waals surface area contributed by atoms with Crippen LogP contribution in [0.2, 0.25) is 0 Å². The monoisotopic (exact) mass is 1180 g/mol. The molecule has 0 aromatic carbocycles. The van der Waals surface area contributed by atoms with Crippen LogP contribution in [0, 0.1) is 47.3 Å². The number of nitrogens with zero attached hydrogens (tertiary/aromatic N) is 4. The van der Waals surface area contributed by atoms with Gasteiger partial charge >= 0.3 is 10.8 Å². The third-order valence-electron chi connectivity index (χ3n) is 7.26. The Morgan fingerprint density at radius 2 is 0.308 bits per heavy atom. The molecule has 0 bridgehead atoms. The van der Waals surface area contributed by atoms with E-state index in [-0.39, 0.29) is 83.4 Å². The molecule has 4 nitrogen and oxygen atoms in total. The molecule has 0 aliphatic carbocycles. The molecule has 0 rings (SSSR count). The number of rotatable bonds is 4. The maximum absolute atomic E-state index is 15.8. The predicted octanol–water partition coefficient (Wildman–Crippen LogP) is 14.7. The van der Waals surface area contributed by atoms with E-state index in [2.05, 4.69) is 0 Å². The van der Waals surface area contributed by atoms with E-state index in [1.54, 1.807) is 0 Å². The number of hydrogen-bond donors (Lipinski definition) is 0. The number of halogens is 4. The van der Waals surface area contributed by atoms with E-state index in [1.807, 2.05) is 166 Å². The second-order valence-corrected chi connectivity index (χ2v) is 39.2. The Hall–Kier alpha value is 0.777. The van der Waals surface area contributed by atoms with Crippen molar-refractivity contribution < 1.29 is 59.7 Å². The third-order valence-corrected chi connectivity index (χ3v) is 24.8. The summed E-state index contributed by atoms with van der Waals surface area (Å²) < 4.78 is 63.3. The van der Waals surface area contributed by atoms with Gasteiger partial charge < -0.3 is 47.3 Å². The summed E-state index contributed by atoms with van der Waals surface area (Å²) in [6, 6.07) is 0. The van der Waals surface area contributed by atoms with E-state index >= 15 is 17.6 Å². The Morgan fingerprint density at radius 3 is 0.346 bits per heavy atom. The van der Waals surface area contributed by atoms with Crippen LogP contribution >= 0.6 is 31.7 Å². The van der Waals surface area contributed by atoms with E-state index in [9.17, 15) is 0 Å². The molecule has 0 saturated carbocycles. The Bertz CT molecular complexity index is 822. The summed E-state index contributed by atoms with van der Waals surface area (Å²) >= 11 is 0. The smallest absolute Gasteiger partial charge is 0.451 e. The summed E-state index contributed by atoms with van der Waals surface area (Å²) in [7, 11) is -7.61. The van der Waals surface area contributed by atoms with Gasteiger partial charge in [-0.1, -0.05) is 0 Å². The topological polar surface area (TPSA) is 95.2 Å². The summed E-state index contributed by atoms with van der Waals surface area (Å²) in [4.78, 5) is 0. The van der Waals surface area contributed by atoms with Crippen LogP contribution in [-0.2, 0) is 42.1 Å². The summed E-state index contributed by atoms with van der Waals surface area (Å²) in [6.45, 7) is 67.1. The van der Waals surface area contributed by atoms with E-state index in [1.165, 1.54) is 0 Å². The van der Waals surface area contributed by atoms with Crippen molar-refractivity contribution in [3.8, 4) is 0 Å². The maximum atomic E-state index is 15.8. The molecule has 0 saturated heterocycles. The van der Waals surface area contributed by atoms with Gasteiger partial charge in [0.05, 0.1) is 41.2 Å². The van der Waals surface area contributed by atoms with Gasteiger partial charge in [0, 0.05) is 42.1 Å². The Labute approximate surface area is 354 Å². The molecule has 0 amide bonds. The SMILES string of the molecule is CC(C)(C)[PH+](C(C)(C)C)C(F)(F)[PH+](C(C)(C)C)C(C)(C)C.CC(C)(C)[PH+](C(C)(C)C)C(F)(F)[PH+](C(C)(C)C)C(C)(C)C.[C-]#N.[C-]#N.[C-]#N.[C-]#N.[Pt].[Pt]. The van der Waals surface area contributed by atoms with Crippen LogP contribution in [-0.4, -0.2) is 52.1 Å². The zero-order valence-electron chi connectivity index (χ0n) is 36.9. The minimum Gasteiger partial charge on any atom is -0.512 e. The molecule has 0 aromatic heterocycles. The quantitative estimate of drug-likeness (QED) is 0.159. The minimum absolute atomic E-state index is 0. The van der Waals surface area contributed by atoms with Gasteiger partial charge in [-0.3, -0.25) is 0 Å². The minimum atomic E-state index is -2.53. The van der Waals surface area contributed by atoms with Crippen LogP contribution in [0.5, 0.6) is 0 Å². The molecule has 0 atom stereocenters. The normalized spacial score (nSPS) is 13.1. The van der Waals surface area contributed by atoms with Crippen LogP contribution in [0.1, 0.15) is 166 Å². The molecule has 0 aliphatic rings. The van der Waals surface area contributed by atoms with Crippen molar-refractivity contribution in [2.24, 2.45) is 0 Å². The van der Waals surface area contributed by atoms with Crippen molar-refractivity contribution in [2.75, 3.05) is 0 Å². The van der Waals surface area contributed by atoms with E-state index in [0.29, 0.717) is 0 Å². The molecule has 0 heterocycles. The fraction of sp³-hybridized carbons (Fsp3) is 0.895.